The molecule has 0 atom stereocenters. The van der Waals surface area contributed by atoms with E-state index in [0.29, 0.717) is 11.0 Å². The average Bonchev–Trinajstić information content (AvgIpc) is 2.61. The summed E-state index contributed by atoms with van der Waals surface area (Å²) in [7, 11) is 0. The Morgan fingerprint density at radius 1 is 1.21 bits per heavy atom. The largest absolute Gasteiger partial charge is 0.452 e. The van der Waals surface area contributed by atoms with E-state index in [9.17, 15) is 14.0 Å². The van der Waals surface area contributed by atoms with Crippen molar-refractivity contribution in [2.45, 2.75) is 12.8 Å². The number of ether oxygens (including phenoxy) is 1. The van der Waals surface area contributed by atoms with E-state index in [2.05, 4.69) is 15.9 Å². The smallest absolute Gasteiger partial charge is 0.339 e. The van der Waals surface area contributed by atoms with Crippen LogP contribution in [0.2, 0.25) is 0 Å². The van der Waals surface area contributed by atoms with E-state index < -0.39 is 11.8 Å². The van der Waals surface area contributed by atoms with Gasteiger partial charge in [0.15, 0.2) is 6.61 Å². The third kappa shape index (κ3) is 3.48. The Bertz CT molecular complexity index is 794. The van der Waals surface area contributed by atoms with Gasteiger partial charge in [0.25, 0.3) is 5.91 Å². The number of amides is 1. The van der Waals surface area contributed by atoms with Gasteiger partial charge in [-0.05, 0) is 58.6 Å². The number of fused-ring (bicyclic) bond motifs is 1. The van der Waals surface area contributed by atoms with E-state index in [1.165, 1.54) is 12.1 Å². The van der Waals surface area contributed by atoms with Crippen molar-refractivity contribution in [3.63, 3.8) is 0 Å². The molecule has 0 saturated carbocycles. The lowest BCUT2D eigenvalue weighted by Crippen LogP contribution is -2.38. The van der Waals surface area contributed by atoms with Crippen LogP contribution in [0, 0.1) is 5.82 Å². The molecule has 1 amide bonds. The van der Waals surface area contributed by atoms with Gasteiger partial charge < -0.3 is 9.64 Å². The van der Waals surface area contributed by atoms with Gasteiger partial charge in [-0.2, -0.15) is 0 Å². The molecule has 24 heavy (non-hydrogen) atoms. The zero-order valence-electron chi connectivity index (χ0n) is 12.8. The molecule has 0 fully saturated rings. The summed E-state index contributed by atoms with van der Waals surface area (Å²) in [5.41, 5.74) is 2.02. The highest BCUT2D eigenvalue weighted by atomic mass is 79.9. The monoisotopic (exact) mass is 391 g/mol. The van der Waals surface area contributed by atoms with Crippen molar-refractivity contribution in [1.82, 2.24) is 0 Å². The molecule has 2 aromatic carbocycles. The molecule has 0 aromatic heterocycles. The fraction of sp³-hybridized carbons (Fsp3) is 0.222. The molecule has 6 heteroatoms. The lowest BCUT2D eigenvalue weighted by atomic mass is 10.0. The predicted octanol–water partition coefficient (Wildman–Crippen LogP) is 3.72. The van der Waals surface area contributed by atoms with Gasteiger partial charge in [0.1, 0.15) is 5.82 Å². The third-order valence-corrected chi connectivity index (χ3v) is 4.58. The molecule has 0 N–H and O–H groups in total. The van der Waals surface area contributed by atoms with Gasteiger partial charge in [0.05, 0.1) is 5.56 Å². The number of carbonyl (C=O) groups is 2. The van der Waals surface area contributed by atoms with E-state index >= 15 is 0 Å². The first-order valence-corrected chi connectivity index (χ1v) is 8.36. The number of nitrogens with zero attached hydrogens (tertiary/aromatic N) is 1. The molecule has 0 radical (unpaired) electrons. The zero-order valence-corrected chi connectivity index (χ0v) is 14.4. The van der Waals surface area contributed by atoms with Crippen molar-refractivity contribution in [2.75, 3.05) is 18.1 Å². The van der Waals surface area contributed by atoms with Gasteiger partial charge in [0.2, 0.25) is 0 Å². The zero-order chi connectivity index (χ0) is 17.1. The number of rotatable bonds is 3. The van der Waals surface area contributed by atoms with Gasteiger partial charge >= 0.3 is 5.97 Å². The molecule has 0 bridgehead atoms. The molecule has 1 aliphatic rings. The summed E-state index contributed by atoms with van der Waals surface area (Å²) >= 11 is 3.17. The molecule has 0 spiro atoms. The van der Waals surface area contributed by atoms with E-state index in [1.54, 1.807) is 4.90 Å². The Kier molecular flexibility index (Phi) is 4.94. The summed E-state index contributed by atoms with van der Waals surface area (Å²) in [5.74, 6) is -1.57. The van der Waals surface area contributed by atoms with Gasteiger partial charge in [-0.25, -0.2) is 9.18 Å². The van der Waals surface area contributed by atoms with Crippen LogP contribution in [0.3, 0.4) is 0 Å². The van der Waals surface area contributed by atoms with E-state index in [-0.39, 0.29) is 18.1 Å². The van der Waals surface area contributed by atoms with Crippen LogP contribution in [0.15, 0.2) is 46.9 Å². The highest BCUT2D eigenvalue weighted by Gasteiger charge is 2.23. The molecule has 0 aliphatic carbocycles. The highest BCUT2D eigenvalue weighted by Crippen LogP contribution is 2.26. The van der Waals surface area contributed by atoms with Crippen molar-refractivity contribution >= 4 is 33.5 Å². The number of anilines is 1. The van der Waals surface area contributed by atoms with Crippen molar-refractivity contribution < 1.29 is 18.7 Å². The molecule has 3 rings (SSSR count). The van der Waals surface area contributed by atoms with Gasteiger partial charge in [-0.1, -0.05) is 18.2 Å². The molecule has 2 aromatic rings. The molecule has 124 valence electrons. The Morgan fingerprint density at radius 3 is 2.83 bits per heavy atom. The van der Waals surface area contributed by atoms with Crippen molar-refractivity contribution in [2.24, 2.45) is 0 Å². The maximum atomic E-state index is 13.3. The molecule has 0 unspecified atom stereocenters. The number of esters is 1. The number of para-hydroxylation sites is 1. The Hall–Kier alpha value is -2.21. The van der Waals surface area contributed by atoms with E-state index in [0.717, 1.165) is 30.2 Å². The van der Waals surface area contributed by atoms with Crippen molar-refractivity contribution in [3.05, 3.63) is 63.9 Å². The van der Waals surface area contributed by atoms with Crippen LogP contribution >= 0.6 is 15.9 Å². The van der Waals surface area contributed by atoms with Crippen LogP contribution in [0.4, 0.5) is 10.1 Å². The van der Waals surface area contributed by atoms with E-state index in [4.69, 9.17) is 4.74 Å². The van der Waals surface area contributed by atoms with Crippen LogP contribution in [-0.4, -0.2) is 25.0 Å². The first kappa shape index (κ1) is 16.6. The second-order valence-electron chi connectivity index (χ2n) is 5.48. The summed E-state index contributed by atoms with van der Waals surface area (Å²) < 4.78 is 18.7. The van der Waals surface area contributed by atoms with Crippen molar-refractivity contribution in [3.8, 4) is 0 Å². The first-order chi connectivity index (χ1) is 11.6. The summed E-state index contributed by atoms with van der Waals surface area (Å²) in [4.78, 5) is 26.1. The second-order valence-corrected chi connectivity index (χ2v) is 6.33. The quantitative estimate of drug-likeness (QED) is 0.748. The highest BCUT2D eigenvalue weighted by molar-refractivity contribution is 9.10. The summed E-state index contributed by atoms with van der Waals surface area (Å²) in [5, 5.41) is 0. The van der Waals surface area contributed by atoms with Crippen LogP contribution in [0.5, 0.6) is 0 Å². The Morgan fingerprint density at radius 2 is 2.00 bits per heavy atom. The molecule has 1 heterocycles. The SMILES string of the molecule is O=C(OCC(=O)N1CCCc2ccccc21)c1cc(F)ccc1Br. The standard InChI is InChI=1S/C18H15BrFNO3/c19-15-8-7-13(20)10-14(15)18(23)24-11-17(22)21-9-3-5-12-4-1-2-6-16(12)21/h1-2,4,6-8,10H,3,5,9,11H2. The maximum absolute atomic E-state index is 13.3. The summed E-state index contributed by atoms with van der Waals surface area (Å²) in [6, 6.07) is 11.4. The van der Waals surface area contributed by atoms with Crippen LogP contribution < -0.4 is 4.90 Å². The first-order valence-electron chi connectivity index (χ1n) is 7.56. The van der Waals surface area contributed by atoms with Gasteiger partial charge in [-0.3, -0.25) is 4.79 Å². The molecule has 0 saturated heterocycles. The number of hydrogen-bond acceptors (Lipinski definition) is 3. The summed E-state index contributed by atoms with van der Waals surface area (Å²) in [6.07, 6.45) is 1.79. The lowest BCUT2D eigenvalue weighted by molar-refractivity contribution is -0.121. The van der Waals surface area contributed by atoms with Crippen molar-refractivity contribution in [1.29, 1.82) is 0 Å². The number of halogens is 2. The minimum Gasteiger partial charge on any atom is -0.452 e. The molecule has 1 aliphatic heterocycles. The molecular weight excluding hydrogens is 377 g/mol. The van der Waals surface area contributed by atoms with E-state index in [1.807, 2.05) is 24.3 Å². The third-order valence-electron chi connectivity index (χ3n) is 3.89. The average molecular weight is 392 g/mol. The van der Waals surface area contributed by atoms with Crippen LogP contribution in [-0.2, 0) is 16.0 Å². The number of hydrogen-bond donors (Lipinski definition) is 0. The minimum atomic E-state index is -0.736. The summed E-state index contributed by atoms with van der Waals surface area (Å²) in [6.45, 7) is 0.215. The predicted molar refractivity (Wildman–Crippen MR) is 91.5 cm³/mol. The number of benzene rings is 2. The number of aryl methyl sites for hydroxylation is 1. The van der Waals surface area contributed by atoms with Crippen LogP contribution in [0.1, 0.15) is 22.3 Å². The Balaban J connectivity index is 1.68. The Labute approximate surface area is 147 Å². The lowest BCUT2D eigenvalue weighted by Gasteiger charge is -2.29. The fourth-order valence-corrected chi connectivity index (χ4v) is 3.14. The van der Waals surface area contributed by atoms with Gasteiger partial charge in [-0.15, -0.1) is 0 Å². The molecule has 4 nitrogen and oxygen atoms in total. The topological polar surface area (TPSA) is 46.6 Å². The van der Waals surface area contributed by atoms with Crippen LogP contribution in [0.25, 0.3) is 0 Å². The van der Waals surface area contributed by atoms with Gasteiger partial charge in [0, 0.05) is 16.7 Å². The number of carbonyl (C=O) groups excluding carboxylic acids is 2. The normalized spacial score (nSPS) is 13.3. The minimum absolute atomic E-state index is 0.0573. The molecular formula is C18H15BrFNO3. The fourth-order valence-electron chi connectivity index (χ4n) is 2.73. The maximum Gasteiger partial charge on any atom is 0.339 e. The second kappa shape index (κ2) is 7.13.